The first-order valence-corrected chi connectivity index (χ1v) is 3.53. The molecule has 0 aliphatic heterocycles. The fraction of sp³-hybridized carbons (Fsp3) is 1.00. The molecule has 0 saturated carbocycles. The van der Waals surface area contributed by atoms with Crippen molar-refractivity contribution in [3.63, 3.8) is 0 Å². The molecule has 80 valence electrons. The number of aliphatic hydroxyl groups is 1. The van der Waals surface area contributed by atoms with Gasteiger partial charge in [0.15, 0.2) is 0 Å². The lowest BCUT2D eigenvalue weighted by molar-refractivity contribution is -0.873. The van der Waals surface area contributed by atoms with Gasteiger partial charge in [0.25, 0.3) is 0 Å². The maximum Gasteiger partial charge on any atom is 0.116 e. The molecule has 0 saturated heterocycles. The van der Waals surface area contributed by atoms with E-state index in [0.29, 0.717) is 12.4 Å². The zero-order valence-corrected chi connectivity index (χ0v) is 9.66. The van der Waals surface area contributed by atoms with Crippen LogP contribution in [-0.4, -0.2) is 49.3 Å². The molecule has 0 bridgehead atoms. The van der Waals surface area contributed by atoms with E-state index in [-0.39, 0.29) is 30.8 Å². The van der Waals surface area contributed by atoms with Gasteiger partial charge in [-0.1, -0.05) is 0 Å². The van der Waals surface area contributed by atoms with Gasteiger partial charge >= 0.3 is 0 Å². The molecule has 0 rings (SSSR count). The van der Waals surface area contributed by atoms with Crippen molar-refractivity contribution in [2.75, 3.05) is 33.6 Å². The normalized spacial score (nSPS) is 11.8. The first-order valence-electron chi connectivity index (χ1n) is 3.00. The zero-order valence-electron chi connectivity index (χ0n) is 8.09. The SMILES string of the molecule is C[N+](C)(C)CC(O)CCl.Cl.N.N. The number of quaternary nitrogens is 1. The summed E-state index contributed by atoms with van der Waals surface area (Å²) >= 11 is 5.40. The average molecular weight is 223 g/mol. The topological polar surface area (TPSA) is 90.2 Å². The van der Waals surface area contributed by atoms with Crippen LogP contribution in [0, 0.1) is 0 Å². The number of rotatable bonds is 3. The highest BCUT2D eigenvalue weighted by atomic mass is 35.5. The van der Waals surface area contributed by atoms with E-state index in [4.69, 9.17) is 16.7 Å². The van der Waals surface area contributed by atoms with Gasteiger partial charge in [-0.3, -0.25) is 0 Å². The van der Waals surface area contributed by atoms with Crippen molar-refractivity contribution in [3.8, 4) is 0 Å². The summed E-state index contributed by atoms with van der Waals surface area (Å²) in [5.74, 6) is 0.329. The van der Waals surface area contributed by atoms with Crippen LogP contribution in [-0.2, 0) is 0 Å². The van der Waals surface area contributed by atoms with Crippen LogP contribution in [0.3, 0.4) is 0 Å². The highest BCUT2D eigenvalue weighted by Gasteiger charge is 2.13. The van der Waals surface area contributed by atoms with Gasteiger partial charge in [-0.05, 0) is 0 Å². The van der Waals surface area contributed by atoms with Crippen molar-refractivity contribution in [1.29, 1.82) is 0 Å². The number of likely N-dealkylation sites (N-methyl/N-ethyl adjacent to an activating group) is 1. The maximum atomic E-state index is 9.05. The van der Waals surface area contributed by atoms with Gasteiger partial charge in [-0.15, -0.1) is 24.0 Å². The number of hydrogen-bond acceptors (Lipinski definition) is 3. The lowest BCUT2D eigenvalue weighted by atomic mass is 10.3. The Bertz CT molecular complexity index is 87.4. The van der Waals surface area contributed by atoms with E-state index in [1.807, 2.05) is 21.1 Å². The van der Waals surface area contributed by atoms with Crippen LogP contribution in [0.2, 0.25) is 0 Å². The van der Waals surface area contributed by atoms with Crippen molar-refractivity contribution in [3.05, 3.63) is 0 Å². The molecular formula is C6H22Cl2N3O+. The quantitative estimate of drug-likeness (QED) is 0.493. The van der Waals surface area contributed by atoms with Gasteiger partial charge < -0.3 is 21.9 Å². The second kappa shape index (κ2) is 9.51. The molecule has 0 aromatic heterocycles. The third-order valence-electron chi connectivity index (χ3n) is 0.937. The molecule has 0 aliphatic carbocycles. The third-order valence-corrected chi connectivity index (χ3v) is 1.29. The summed E-state index contributed by atoms with van der Waals surface area (Å²) in [7, 11) is 6.07. The molecule has 1 unspecified atom stereocenters. The average Bonchev–Trinajstić information content (AvgIpc) is 1.62. The molecule has 0 spiro atoms. The number of alkyl halides is 1. The lowest BCUT2D eigenvalue weighted by Crippen LogP contribution is -2.41. The molecule has 12 heavy (non-hydrogen) atoms. The number of aliphatic hydroxyl groups excluding tert-OH is 1. The highest BCUT2D eigenvalue weighted by Crippen LogP contribution is 1.95. The largest absolute Gasteiger partial charge is 0.386 e. The van der Waals surface area contributed by atoms with Crippen LogP contribution in [0.5, 0.6) is 0 Å². The van der Waals surface area contributed by atoms with Gasteiger partial charge in [0.1, 0.15) is 12.6 Å². The van der Waals surface area contributed by atoms with Gasteiger partial charge in [0.2, 0.25) is 0 Å². The molecule has 0 aliphatic rings. The Morgan fingerprint density at radius 1 is 1.25 bits per heavy atom. The monoisotopic (exact) mass is 222 g/mol. The van der Waals surface area contributed by atoms with Crippen LogP contribution >= 0.6 is 24.0 Å². The van der Waals surface area contributed by atoms with Gasteiger partial charge in [-0.2, -0.15) is 0 Å². The standard InChI is InChI=1S/C6H15ClNO.ClH.2H3N/c1-8(2,3)5-6(9)4-7;;;/h6,9H,4-5H2,1-3H3;1H;2*1H3/q+1;;;. The Morgan fingerprint density at radius 3 is 1.67 bits per heavy atom. The van der Waals surface area contributed by atoms with Crippen LogP contribution < -0.4 is 12.3 Å². The molecule has 0 aromatic carbocycles. The predicted octanol–water partition coefficient (Wildman–Crippen LogP) is 1.04. The van der Waals surface area contributed by atoms with Gasteiger partial charge in [0, 0.05) is 0 Å². The summed E-state index contributed by atoms with van der Waals surface area (Å²) in [5, 5.41) is 9.05. The smallest absolute Gasteiger partial charge is 0.116 e. The Labute approximate surface area is 86.1 Å². The van der Waals surface area contributed by atoms with E-state index in [1.165, 1.54) is 0 Å². The van der Waals surface area contributed by atoms with Gasteiger partial charge in [-0.25, -0.2) is 0 Å². The van der Waals surface area contributed by atoms with Crippen LogP contribution in [0.15, 0.2) is 0 Å². The molecule has 0 radical (unpaired) electrons. The summed E-state index contributed by atoms with van der Waals surface area (Å²) in [5.41, 5.74) is 0. The van der Waals surface area contributed by atoms with E-state index >= 15 is 0 Å². The van der Waals surface area contributed by atoms with Crippen LogP contribution in [0.25, 0.3) is 0 Å². The second-order valence-corrected chi connectivity index (χ2v) is 3.59. The summed E-state index contributed by atoms with van der Waals surface area (Å²) in [6, 6.07) is 0. The Balaban J connectivity index is -0.000000107. The van der Waals surface area contributed by atoms with E-state index in [2.05, 4.69) is 0 Å². The minimum Gasteiger partial charge on any atom is -0.386 e. The maximum absolute atomic E-state index is 9.05. The number of nitrogens with zero attached hydrogens (tertiary/aromatic N) is 1. The Morgan fingerprint density at radius 2 is 1.58 bits per heavy atom. The van der Waals surface area contributed by atoms with E-state index in [9.17, 15) is 0 Å². The molecule has 0 heterocycles. The summed E-state index contributed by atoms with van der Waals surface area (Å²) in [4.78, 5) is 0. The lowest BCUT2D eigenvalue weighted by Gasteiger charge is -2.25. The van der Waals surface area contributed by atoms with Crippen molar-refractivity contribution in [2.45, 2.75) is 6.10 Å². The number of hydrogen-bond donors (Lipinski definition) is 3. The summed E-state index contributed by atoms with van der Waals surface area (Å²) in [6.45, 7) is 0.712. The van der Waals surface area contributed by atoms with Crippen LogP contribution in [0.4, 0.5) is 0 Å². The molecule has 4 nitrogen and oxygen atoms in total. The van der Waals surface area contributed by atoms with Crippen molar-refractivity contribution in [1.82, 2.24) is 12.3 Å². The predicted molar refractivity (Wildman–Crippen MR) is 56.9 cm³/mol. The minimum atomic E-state index is -0.369. The first kappa shape index (κ1) is 22.8. The minimum absolute atomic E-state index is 0. The zero-order chi connectivity index (χ0) is 7.49. The Kier molecular flexibility index (Phi) is 18.1. The molecule has 0 fully saturated rings. The Hall–Kier alpha value is 0.420. The van der Waals surface area contributed by atoms with E-state index in [0.717, 1.165) is 4.48 Å². The molecule has 0 aromatic rings. The van der Waals surface area contributed by atoms with Crippen molar-refractivity contribution < 1.29 is 9.59 Å². The van der Waals surface area contributed by atoms with Gasteiger partial charge in [0.05, 0.1) is 27.0 Å². The summed E-state index contributed by atoms with van der Waals surface area (Å²) in [6.07, 6.45) is -0.369. The highest BCUT2D eigenvalue weighted by molar-refractivity contribution is 6.18. The van der Waals surface area contributed by atoms with Crippen molar-refractivity contribution in [2.24, 2.45) is 0 Å². The number of halogens is 2. The molecule has 7 N–H and O–H groups in total. The molecular weight excluding hydrogens is 201 g/mol. The molecule has 6 heteroatoms. The van der Waals surface area contributed by atoms with E-state index in [1.54, 1.807) is 0 Å². The fourth-order valence-electron chi connectivity index (χ4n) is 0.681. The van der Waals surface area contributed by atoms with Crippen LogP contribution in [0.1, 0.15) is 0 Å². The van der Waals surface area contributed by atoms with E-state index < -0.39 is 0 Å². The molecule has 1 atom stereocenters. The second-order valence-electron chi connectivity index (χ2n) is 3.28. The first-order chi connectivity index (χ1) is 3.95. The molecule has 0 amide bonds. The summed E-state index contributed by atoms with van der Waals surface area (Å²) < 4.78 is 0.758. The third kappa shape index (κ3) is 16.8. The fourth-order valence-corrected chi connectivity index (χ4v) is 0.779. The van der Waals surface area contributed by atoms with Crippen molar-refractivity contribution >= 4 is 24.0 Å².